The molecule has 0 fully saturated rings. The van der Waals surface area contributed by atoms with Crippen LogP contribution in [0, 0.1) is 10.1 Å². The van der Waals surface area contributed by atoms with E-state index < -0.39 is 11.0 Å². The Kier molecular flexibility index (Phi) is 7.68. The monoisotopic (exact) mass is 385 g/mol. The Morgan fingerprint density at radius 3 is 1.61 bits per heavy atom. The number of ketones is 2. The lowest BCUT2D eigenvalue weighted by Gasteiger charge is -2.11. The van der Waals surface area contributed by atoms with Crippen molar-refractivity contribution in [2.24, 2.45) is 0 Å². The van der Waals surface area contributed by atoms with Crippen LogP contribution in [0.1, 0.15) is 46.4 Å². The zero-order chi connectivity index (χ0) is 20.5. The number of para-hydroxylation sites is 2. The van der Waals surface area contributed by atoms with E-state index in [1.54, 1.807) is 48.5 Å². The van der Waals surface area contributed by atoms with Crippen LogP contribution in [0.25, 0.3) is 0 Å². The number of ether oxygens (including phenoxy) is 2. The third-order valence-corrected chi connectivity index (χ3v) is 4.52. The number of benzene rings is 2. The van der Waals surface area contributed by atoms with E-state index in [1.807, 2.05) is 0 Å². The Morgan fingerprint density at radius 1 is 0.857 bits per heavy atom. The molecule has 0 aliphatic carbocycles. The summed E-state index contributed by atoms with van der Waals surface area (Å²) in [5.74, 6) is 0.439. The molecule has 0 aromatic heterocycles. The highest BCUT2D eigenvalue weighted by molar-refractivity contribution is 5.99. The Labute approximate surface area is 163 Å². The van der Waals surface area contributed by atoms with Crippen LogP contribution >= 0.6 is 0 Å². The van der Waals surface area contributed by atoms with Crippen molar-refractivity contribution in [2.75, 3.05) is 14.2 Å². The normalized spacial score (nSPS) is 10.5. The SMILES string of the molecule is COc1ccccc1C(=O)CCC(CCC(=O)c1ccccc1OC)[N+](=O)[O-]. The molecule has 28 heavy (non-hydrogen) atoms. The predicted molar refractivity (Wildman–Crippen MR) is 104 cm³/mol. The number of nitrogens with zero attached hydrogens (tertiary/aromatic N) is 1. The molecule has 2 aromatic rings. The highest BCUT2D eigenvalue weighted by Crippen LogP contribution is 2.23. The topological polar surface area (TPSA) is 95.7 Å². The number of carbonyl (C=O) groups excluding carboxylic acids is 2. The highest BCUT2D eigenvalue weighted by atomic mass is 16.6. The van der Waals surface area contributed by atoms with E-state index >= 15 is 0 Å². The van der Waals surface area contributed by atoms with E-state index in [4.69, 9.17) is 9.47 Å². The van der Waals surface area contributed by atoms with Gasteiger partial charge in [0.15, 0.2) is 11.6 Å². The first-order chi connectivity index (χ1) is 13.5. The van der Waals surface area contributed by atoms with Gasteiger partial charge in [0.25, 0.3) is 0 Å². The number of Topliss-reactive ketones (excluding diaryl/α,β-unsaturated/α-hetero) is 2. The molecule has 0 N–H and O–H groups in total. The molecular formula is C21H23NO6. The molecule has 2 rings (SSSR count). The first kappa shape index (κ1) is 21.1. The number of rotatable bonds is 11. The van der Waals surface area contributed by atoms with Crippen molar-refractivity contribution in [1.82, 2.24) is 0 Å². The summed E-state index contributed by atoms with van der Waals surface area (Å²) in [5, 5.41) is 11.4. The van der Waals surface area contributed by atoms with Crippen LogP contribution < -0.4 is 9.47 Å². The van der Waals surface area contributed by atoms with Crippen molar-refractivity contribution >= 4 is 11.6 Å². The molecule has 7 heteroatoms. The zero-order valence-electron chi connectivity index (χ0n) is 15.9. The quantitative estimate of drug-likeness (QED) is 0.330. The van der Waals surface area contributed by atoms with Crippen LogP contribution in [0.3, 0.4) is 0 Å². The molecule has 0 saturated carbocycles. The van der Waals surface area contributed by atoms with Gasteiger partial charge in [-0.2, -0.15) is 0 Å². The van der Waals surface area contributed by atoms with Crippen LogP contribution in [-0.4, -0.2) is 36.8 Å². The summed E-state index contributed by atoms with van der Waals surface area (Å²) in [5.41, 5.74) is 0.800. The second-order valence-corrected chi connectivity index (χ2v) is 6.26. The zero-order valence-corrected chi connectivity index (χ0v) is 15.9. The molecule has 7 nitrogen and oxygen atoms in total. The van der Waals surface area contributed by atoms with Crippen molar-refractivity contribution in [3.63, 3.8) is 0 Å². The Morgan fingerprint density at radius 2 is 1.25 bits per heavy atom. The number of hydrogen-bond donors (Lipinski definition) is 0. The van der Waals surface area contributed by atoms with Gasteiger partial charge in [0.2, 0.25) is 6.04 Å². The summed E-state index contributed by atoms with van der Waals surface area (Å²) in [6.45, 7) is 0. The smallest absolute Gasteiger partial charge is 0.214 e. The fourth-order valence-electron chi connectivity index (χ4n) is 2.97. The van der Waals surface area contributed by atoms with Gasteiger partial charge in [-0.05, 0) is 24.3 Å². The Bertz CT molecular complexity index is 785. The maximum absolute atomic E-state index is 12.4. The minimum atomic E-state index is -0.975. The van der Waals surface area contributed by atoms with E-state index in [9.17, 15) is 19.7 Å². The third-order valence-electron chi connectivity index (χ3n) is 4.52. The largest absolute Gasteiger partial charge is 0.496 e. The van der Waals surface area contributed by atoms with E-state index in [0.29, 0.717) is 22.6 Å². The molecule has 0 amide bonds. The van der Waals surface area contributed by atoms with Crippen molar-refractivity contribution in [3.05, 3.63) is 69.8 Å². The summed E-state index contributed by atoms with van der Waals surface area (Å²) in [6, 6.07) is 12.6. The van der Waals surface area contributed by atoms with E-state index in [2.05, 4.69) is 0 Å². The number of nitro groups is 1. The Hall–Kier alpha value is -3.22. The van der Waals surface area contributed by atoms with Gasteiger partial charge in [-0.1, -0.05) is 24.3 Å². The molecule has 148 valence electrons. The van der Waals surface area contributed by atoms with Crippen molar-refractivity contribution in [3.8, 4) is 11.5 Å². The van der Waals surface area contributed by atoms with Crippen LogP contribution in [0.15, 0.2) is 48.5 Å². The van der Waals surface area contributed by atoms with Gasteiger partial charge in [-0.25, -0.2) is 0 Å². The average molecular weight is 385 g/mol. The van der Waals surface area contributed by atoms with Crippen molar-refractivity contribution < 1.29 is 24.0 Å². The van der Waals surface area contributed by atoms with E-state index in [1.165, 1.54) is 14.2 Å². The van der Waals surface area contributed by atoms with Gasteiger partial charge in [0.05, 0.1) is 25.3 Å². The Balaban J connectivity index is 1.97. The third kappa shape index (κ3) is 5.39. The van der Waals surface area contributed by atoms with Crippen molar-refractivity contribution in [2.45, 2.75) is 31.7 Å². The van der Waals surface area contributed by atoms with E-state index in [-0.39, 0.29) is 37.2 Å². The number of methoxy groups -OCH3 is 2. The molecule has 0 saturated heterocycles. The van der Waals surface area contributed by atoms with Gasteiger partial charge in [-0.3, -0.25) is 19.7 Å². The number of hydrogen-bond acceptors (Lipinski definition) is 6. The molecule has 0 aliphatic rings. The van der Waals surface area contributed by atoms with Crippen LogP contribution in [-0.2, 0) is 0 Å². The first-order valence-corrected chi connectivity index (χ1v) is 8.93. The van der Waals surface area contributed by atoms with Gasteiger partial charge in [0.1, 0.15) is 11.5 Å². The molecule has 0 aliphatic heterocycles. The first-order valence-electron chi connectivity index (χ1n) is 8.93. The lowest BCUT2D eigenvalue weighted by atomic mass is 9.97. The highest BCUT2D eigenvalue weighted by Gasteiger charge is 2.24. The maximum atomic E-state index is 12.4. The van der Waals surface area contributed by atoms with Crippen molar-refractivity contribution in [1.29, 1.82) is 0 Å². The maximum Gasteiger partial charge on any atom is 0.214 e. The molecule has 0 heterocycles. The molecule has 2 aromatic carbocycles. The summed E-state index contributed by atoms with van der Waals surface area (Å²) in [7, 11) is 2.94. The molecule has 0 spiro atoms. The molecule has 0 bridgehead atoms. The molecule has 0 atom stereocenters. The minimum absolute atomic E-state index is 0.00880. The predicted octanol–water partition coefficient (Wildman–Crippen LogP) is 3.98. The lowest BCUT2D eigenvalue weighted by molar-refractivity contribution is -0.524. The molecular weight excluding hydrogens is 362 g/mol. The fourth-order valence-corrected chi connectivity index (χ4v) is 2.97. The molecule has 0 radical (unpaired) electrons. The van der Waals surface area contributed by atoms with Crippen LogP contribution in [0.2, 0.25) is 0 Å². The van der Waals surface area contributed by atoms with Gasteiger partial charge in [-0.15, -0.1) is 0 Å². The van der Waals surface area contributed by atoms with Crippen LogP contribution in [0.4, 0.5) is 0 Å². The number of carbonyl (C=O) groups is 2. The summed E-state index contributed by atoms with van der Waals surface area (Å²) in [6.07, 6.45) is 0.135. The minimum Gasteiger partial charge on any atom is -0.496 e. The van der Waals surface area contributed by atoms with Crippen LogP contribution in [0.5, 0.6) is 11.5 Å². The second kappa shape index (κ2) is 10.2. The summed E-state index contributed by atoms with van der Waals surface area (Å²) < 4.78 is 10.3. The average Bonchev–Trinajstić information content (AvgIpc) is 2.72. The molecule has 0 unspecified atom stereocenters. The lowest BCUT2D eigenvalue weighted by Crippen LogP contribution is -2.22. The standard InChI is InChI=1S/C21H23NO6/c1-27-20-9-5-3-7-16(20)18(23)13-11-15(22(25)26)12-14-19(24)17-8-4-6-10-21(17)28-2/h3-10,15H,11-14H2,1-2H3. The van der Waals surface area contributed by atoms with Gasteiger partial charge >= 0.3 is 0 Å². The second-order valence-electron chi connectivity index (χ2n) is 6.26. The fraction of sp³-hybridized carbons (Fsp3) is 0.333. The summed E-state index contributed by atoms with van der Waals surface area (Å²) >= 11 is 0. The summed E-state index contributed by atoms with van der Waals surface area (Å²) in [4.78, 5) is 35.8. The van der Waals surface area contributed by atoms with E-state index in [0.717, 1.165) is 0 Å². The van der Waals surface area contributed by atoms with Gasteiger partial charge < -0.3 is 9.47 Å². The van der Waals surface area contributed by atoms with Gasteiger partial charge in [0, 0.05) is 30.6 Å².